The average Bonchev–Trinajstić information content (AvgIpc) is 2.56. The van der Waals surface area contributed by atoms with E-state index in [1.54, 1.807) is 12.3 Å². The van der Waals surface area contributed by atoms with Gasteiger partial charge in [0.15, 0.2) is 0 Å². The summed E-state index contributed by atoms with van der Waals surface area (Å²) in [7, 11) is 0. The van der Waals surface area contributed by atoms with E-state index >= 15 is 0 Å². The fourth-order valence-corrected chi connectivity index (χ4v) is 2.63. The monoisotopic (exact) mass is 301 g/mol. The summed E-state index contributed by atoms with van der Waals surface area (Å²) in [5.74, 6) is 0.758. The molecule has 22 heavy (non-hydrogen) atoms. The molecule has 0 spiro atoms. The van der Waals surface area contributed by atoms with Crippen LogP contribution in [0.15, 0.2) is 30.0 Å². The van der Waals surface area contributed by atoms with E-state index in [9.17, 15) is 4.79 Å². The molecule has 1 amide bonds. The molecule has 1 aromatic rings. The van der Waals surface area contributed by atoms with Gasteiger partial charge in [-0.1, -0.05) is 25.0 Å². The summed E-state index contributed by atoms with van der Waals surface area (Å²) < 4.78 is 0. The van der Waals surface area contributed by atoms with Crippen LogP contribution in [0, 0.1) is 0 Å². The predicted octanol–water partition coefficient (Wildman–Crippen LogP) is 3.91. The number of hydrogen-bond donors (Lipinski definition) is 2. The smallest absolute Gasteiger partial charge is 0.251 e. The van der Waals surface area contributed by atoms with Crippen LogP contribution in [0.4, 0.5) is 5.82 Å². The van der Waals surface area contributed by atoms with Crippen molar-refractivity contribution in [1.29, 1.82) is 0 Å². The molecule has 2 rings (SSSR count). The normalized spacial score (nSPS) is 14.3. The topological polar surface area (TPSA) is 54.0 Å². The SMILES string of the molecule is CCCCNc1cc(C(=O)NCCC2=CCCCC2)ccn1. The molecule has 4 nitrogen and oxygen atoms in total. The van der Waals surface area contributed by atoms with Gasteiger partial charge in [-0.25, -0.2) is 4.98 Å². The highest BCUT2D eigenvalue weighted by atomic mass is 16.1. The summed E-state index contributed by atoms with van der Waals surface area (Å²) in [6.45, 7) is 3.76. The van der Waals surface area contributed by atoms with Crippen LogP contribution in [0.25, 0.3) is 0 Å². The summed E-state index contributed by atoms with van der Waals surface area (Å²) >= 11 is 0. The Hall–Kier alpha value is -1.84. The van der Waals surface area contributed by atoms with Crippen molar-refractivity contribution in [2.24, 2.45) is 0 Å². The second kappa shape index (κ2) is 9.23. The Morgan fingerprint density at radius 3 is 3.00 bits per heavy atom. The lowest BCUT2D eigenvalue weighted by molar-refractivity contribution is 0.0954. The van der Waals surface area contributed by atoms with Crippen LogP contribution in [-0.2, 0) is 0 Å². The van der Waals surface area contributed by atoms with E-state index in [-0.39, 0.29) is 5.91 Å². The Morgan fingerprint density at radius 1 is 1.32 bits per heavy atom. The highest BCUT2D eigenvalue weighted by molar-refractivity contribution is 5.94. The summed E-state index contributed by atoms with van der Waals surface area (Å²) in [6, 6.07) is 3.59. The number of pyridine rings is 1. The van der Waals surface area contributed by atoms with Gasteiger partial charge < -0.3 is 10.6 Å². The maximum Gasteiger partial charge on any atom is 0.251 e. The minimum Gasteiger partial charge on any atom is -0.370 e. The van der Waals surface area contributed by atoms with E-state index in [2.05, 4.69) is 28.6 Å². The molecule has 0 bridgehead atoms. The lowest BCUT2D eigenvalue weighted by Crippen LogP contribution is -2.25. The highest BCUT2D eigenvalue weighted by Crippen LogP contribution is 2.19. The number of rotatable bonds is 8. The maximum absolute atomic E-state index is 12.2. The van der Waals surface area contributed by atoms with Gasteiger partial charge in [-0.2, -0.15) is 0 Å². The van der Waals surface area contributed by atoms with Gasteiger partial charge in [0.25, 0.3) is 5.91 Å². The molecule has 0 radical (unpaired) electrons. The zero-order valence-corrected chi connectivity index (χ0v) is 13.5. The van der Waals surface area contributed by atoms with Crippen LogP contribution in [-0.4, -0.2) is 24.0 Å². The number of unbranched alkanes of at least 4 members (excludes halogenated alkanes) is 1. The number of nitrogens with one attached hydrogen (secondary N) is 2. The highest BCUT2D eigenvalue weighted by Gasteiger charge is 2.08. The molecule has 0 saturated carbocycles. The van der Waals surface area contributed by atoms with Crippen LogP contribution < -0.4 is 10.6 Å². The second-order valence-electron chi connectivity index (χ2n) is 5.82. The van der Waals surface area contributed by atoms with E-state index < -0.39 is 0 Å². The van der Waals surface area contributed by atoms with Crippen molar-refractivity contribution in [3.8, 4) is 0 Å². The van der Waals surface area contributed by atoms with Crippen molar-refractivity contribution in [1.82, 2.24) is 10.3 Å². The largest absolute Gasteiger partial charge is 0.370 e. The van der Waals surface area contributed by atoms with Crippen LogP contribution in [0.3, 0.4) is 0 Å². The molecule has 1 aliphatic carbocycles. The molecule has 0 aromatic carbocycles. The van der Waals surface area contributed by atoms with Gasteiger partial charge in [0.1, 0.15) is 5.82 Å². The second-order valence-corrected chi connectivity index (χ2v) is 5.82. The maximum atomic E-state index is 12.2. The van der Waals surface area contributed by atoms with Crippen LogP contribution in [0.2, 0.25) is 0 Å². The van der Waals surface area contributed by atoms with E-state index in [1.165, 1.54) is 31.3 Å². The zero-order valence-electron chi connectivity index (χ0n) is 13.5. The Kier molecular flexibility index (Phi) is 6.94. The quantitative estimate of drug-likeness (QED) is 0.565. The van der Waals surface area contributed by atoms with Crippen LogP contribution in [0.5, 0.6) is 0 Å². The summed E-state index contributed by atoms with van der Waals surface area (Å²) in [5.41, 5.74) is 2.16. The molecule has 0 unspecified atom stereocenters. The van der Waals surface area contributed by atoms with Crippen molar-refractivity contribution in [2.45, 2.75) is 51.9 Å². The summed E-state index contributed by atoms with van der Waals surface area (Å²) in [5, 5.41) is 6.25. The molecule has 0 atom stereocenters. The van der Waals surface area contributed by atoms with Gasteiger partial charge in [0.05, 0.1) is 0 Å². The lowest BCUT2D eigenvalue weighted by atomic mass is 9.97. The predicted molar refractivity (Wildman–Crippen MR) is 91.1 cm³/mol. The number of carbonyl (C=O) groups excluding carboxylic acids is 1. The Morgan fingerprint density at radius 2 is 2.23 bits per heavy atom. The number of aromatic nitrogens is 1. The number of anilines is 1. The number of allylic oxidation sites excluding steroid dienone is 1. The van der Waals surface area contributed by atoms with Gasteiger partial charge in [-0.05, 0) is 50.7 Å². The van der Waals surface area contributed by atoms with Crippen molar-refractivity contribution in [2.75, 3.05) is 18.4 Å². The molecule has 120 valence electrons. The molecule has 1 aromatic heterocycles. The molecular formula is C18H27N3O. The number of carbonyl (C=O) groups is 1. The molecule has 2 N–H and O–H groups in total. The first-order valence-electron chi connectivity index (χ1n) is 8.45. The van der Waals surface area contributed by atoms with Crippen molar-refractivity contribution in [3.05, 3.63) is 35.5 Å². The van der Waals surface area contributed by atoms with E-state index in [0.29, 0.717) is 12.1 Å². The number of amides is 1. The molecule has 0 saturated heterocycles. The van der Waals surface area contributed by atoms with Crippen LogP contribution >= 0.6 is 0 Å². The van der Waals surface area contributed by atoms with Crippen LogP contribution in [0.1, 0.15) is 62.2 Å². The van der Waals surface area contributed by atoms with E-state index in [0.717, 1.165) is 31.6 Å². The standard InChI is InChI=1S/C18H27N3O/c1-2-3-11-19-17-14-16(10-13-20-17)18(22)21-12-9-15-7-5-4-6-8-15/h7,10,13-14H,2-6,8-9,11-12H2,1H3,(H,19,20)(H,21,22). The van der Waals surface area contributed by atoms with Gasteiger partial charge >= 0.3 is 0 Å². The average molecular weight is 301 g/mol. The Labute approximate surface area is 133 Å². The first-order valence-corrected chi connectivity index (χ1v) is 8.45. The van der Waals surface area contributed by atoms with Gasteiger partial charge in [0, 0.05) is 24.8 Å². The minimum atomic E-state index is -0.0163. The van der Waals surface area contributed by atoms with Crippen molar-refractivity contribution >= 4 is 11.7 Å². The fourth-order valence-electron chi connectivity index (χ4n) is 2.63. The van der Waals surface area contributed by atoms with E-state index in [4.69, 9.17) is 0 Å². The fraction of sp³-hybridized carbons (Fsp3) is 0.556. The first-order chi connectivity index (χ1) is 10.8. The Balaban J connectivity index is 1.78. The number of hydrogen-bond acceptors (Lipinski definition) is 3. The van der Waals surface area contributed by atoms with E-state index in [1.807, 2.05) is 6.07 Å². The third-order valence-corrected chi connectivity index (χ3v) is 3.98. The lowest BCUT2D eigenvalue weighted by Gasteiger charge is -2.13. The van der Waals surface area contributed by atoms with Crippen molar-refractivity contribution < 1.29 is 4.79 Å². The molecule has 4 heteroatoms. The molecule has 0 aliphatic heterocycles. The molecule has 1 heterocycles. The third-order valence-electron chi connectivity index (χ3n) is 3.98. The molecular weight excluding hydrogens is 274 g/mol. The zero-order chi connectivity index (χ0) is 15.6. The first kappa shape index (κ1) is 16.5. The van der Waals surface area contributed by atoms with Gasteiger partial charge in [0.2, 0.25) is 0 Å². The summed E-state index contributed by atoms with van der Waals surface area (Å²) in [4.78, 5) is 16.4. The van der Waals surface area contributed by atoms with Gasteiger partial charge in [-0.15, -0.1) is 0 Å². The minimum absolute atomic E-state index is 0.0163. The third kappa shape index (κ3) is 5.51. The number of nitrogens with zero attached hydrogens (tertiary/aromatic N) is 1. The van der Waals surface area contributed by atoms with Crippen molar-refractivity contribution in [3.63, 3.8) is 0 Å². The summed E-state index contributed by atoms with van der Waals surface area (Å²) in [6.07, 6.45) is 12.2. The molecule has 0 fully saturated rings. The Bertz CT molecular complexity index is 511. The van der Waals surface area contributed by atoms with Gasteiger partial charge in [-0.3, -0.25) is 4.79 Å². The molecule has 1 aliphatic rings.